The SMILES string of the molecule is CCCCC(C(=O)OC)n1nc(C)nc1C. The minimum absolute atomic E-state index is 0.249. The quantitative estimate of drug-likeness (QED) is 0.717. The number of aromatic nitrogens is 3. The standard InChI is InChI=1S/C11H19N3O2/c1-5-6-7-10(11(15)16-4)14-9(3)12-8(2)13-14/h10H,5-7H2,1-4H3. The first-order chi connectivity index (χ1) is 7.60. The minimum Gasteiger partial charge on any atom is -0.467 e. The fourth-order valence-corrected chi connectivity index (χ4v) is 1.70. The van der Waals surface area contributed by atoms with Crippen LogP contribution in [0.15, 0.2) is 0 Å². The molecular formula is C11H19N3O2. The van der Waals surface area contributed by atoms with Gasteiger partial charge in [0.1, 0.15) is 11.6 Å². The molecule has 0 spiro atoms. The summed E-state index contributed by atoms with van der Waals surface area (Å²) in [5, 5.41) is 4.24. The number of hydrogen-bond acceptors (Lipinski definition) is 4. The van der Waals surface area contributed by atoms with Gasteiger partial charge in [0.05, 0.1) is 7.11 Å². The first-order valence-electron chi connectivity index (χ1n) is 5.57. The largest absolute Gasteiger partial charge is 0.467 e. The fourth-order valence-electron chi connectivity index (χ4n) is 1.70. The van der Waals surface area contributed by atoms with E-state index in [-0.39, 0.29) is 12.0 Å². The van der Waals surface area contributed by atoms with Crippen molar-refractivity contribution in [2.24, 2.45) is 0 Å². The van der Waals surface area contributed by atoms with E-state index in [0.717, 1.165) is 25.1 Å². The third-order valence-corrected chi connectivity index (χ3v) is 2.51. The molecule has 0 aliphatic carbocycles. The Morgan fingerprint density at radius 2 is 2.19 bits per heavy atom. The van der Waals surface area contributed by atoms with E-state index in [1.807, 2.05) is 13.8 Å². The highest BCUT2D eigenvalue weighted by atomic mass is 16.5. The molecular weight excluding hydrogens is 206 g/mol. The van der Waals surface area contributed by atoms with Crippen LogP contribution < -0.4 is 0 Å². The number of nitrogens with zero attached hydrogens (tertiary/aromatic N) is 3. The number of methoxy groups -OCH3 is 1. The zero-order chi connectivity index (χ0) is 12.1. The lowest BCUT2D eigenvalue weighted by Crippen LogP contribution is -2.23. The molecule has 5 heteroatoms. The normalized spacial score (nSPS) is 12.5. The van der Waals surface area contributed by atoms with Gasteiger partial charge >= 0.3 is 5.97 Å². The summed E-state index contributed by atoms with van der Waals surface area (Å²) in [4.78, 5) is 15.9. The van der Waals surface area contributed by atoms with Crippen molar-refractivity contribution in [3.8, 4) is 0 Å². The Balaban J connectivity index is 2.91. The van der Waals surface area contributed by atoms with Gasteiger partial charge in [-0.05, 0) is 20.3 Å². The predicted molar refractivity (Wildman–Crippen MR) is 60.1 cm³/mol. The molecule has 1 heterocycles. The van der Waals surface area contributed by atoms with Gasteiger partial charge in [-0.2, -0.15) is 5.10 Å². The van der Waals surface area contributed by atoms with Crippen LogP contribution in [-0.2, 0) is 9.53 Å². The average molecular weight is 225 g/mol. The van der Waals surface area contributed by atoms with Gasteiger partial charge in [0.25, 0.3) is 0 Å². The number of hydrogen-bond donors (Lipinski definition) is 0. The number of carbonyl (C=O) groups is 1. The molecule has 5 nitrogen and oxygen atoms in total. The number of unbranched alkanes of at least 4 members (excludes halogenated alkanes) is 1. The summed E-state index contributed by atoms with van der Waals surface area (Å²) in [7, 11) is 1.40. The van der Waals surface area contributed by atoms with Crippen molar-refractivity contribution in [1.29, 1.82) is 0 Å². The molecule has 16 heavy (non-hydrogen) atoms. The second-order valence-corrected chi connectivity index (χ2v) is 3.83. The van der Waals surface area contributed by atoms with Crippen molar-refractivity contribution < 1.29 is 9.53 Å². The van der Waals surface area contributed by atoms with Gasteiger partial charge in [0.2, 0.25) is 0 Å². The molecule has 1 rings (SSSR count). The number of ether oxygens (including phenoxy) is 1. The molecule has 0 saturated heterocycles. The molecule has 0 aliphatic rings. The third kappa shape index (κ3) is 2.81. The molecule has 0 amide bonds. The molecule has 1 aromatic rings. The molecule has 0 bridgehead atoms. The van der Waals surface area contributed by atoms with Gasteiger partial charge < -0.3 is 4.74 Å². The second kappa shape index (κ2) is 5.63. The van der Waals surface area contributed by atoms with Crippen LogP contribution in [0, 0.1) is 13.8 Å². The lowest BCUT2D eigenvalue weighted by Gasteiger charge is -2.15. The van der Waals surface area contributed by atoms with Crippen LogP contribution in [0.4, 0.5) is 0 Å². The molecule has 90 valence electrons. The maximum atomic E-state index is 11.7. The van der Waals surface area contributed by atoms with E-state index in [2.05, 4.69) is 17.0 Å². The fraction of sp³-hybridized carbons (Fsp3) is 0.727. The first kappa shape index (κ1) is 12.7. The number of rotatable bonds is 5. The maximum Gasteiger partial charge on any atom is 0.330 e. The van der Waals surface area contributed by atoms with E-state index in [1.54, 1.807) is 4.68 Å². The van der Waals surface area contributed by atoms with E-state index < -0.39 is 0 Å². The van der Waals surface area contributed by atoms with Crippen LogP contribution in [-0.4, -0.2) is 27.8 Å². The van der Waals surface area contributed by atoms with Crippen LogP contribution in [0.25, 0.3) is 0 Å². The molecule has 1 unspecified atom stereocenters. The lowest BCUT2D eigenvalue weighted by molar-refractivity contribution is -0.145. The average Bonchev–Trinajstić information content (AvgIpc) is 2.58. The number of esters is 1. The summed E-state index contributed by atoms with van der Waals surface area (Å²) < 4.78 is 6.46. The molecule has 0 fully saturated rings. The van der Waals surface area contributed by atoms with E-state index in [9.17, 15) is 4.79 Å². The first-order valence-corrected chi connectivity index (χ1v) is 5.57. The lowest BCUT2D eigenvalue weighted by atomic mass is 10.1. The highest BCUT2D eigenvalue weighted by Crippen LogP contribution is 2.17. The van der Waals surface area contributed by atoms with Gasteiger partial charge in [-0.1, -0.05) is 19.8 Å². The third-order valence-electron chi connectivity index (χ3n) is 2.51. The smallest absolute Gasteiger partial charge is 0.330 e. The molecule has 0 N–H and O–H groups in total. The zero-order valence-corrected chi connectivity index (χ0v) is 10.4. The van der Waals surface area contributed by atoms with Gasteiger partial charge in [-0.25, -0.2) is 14.5 Å². The van der Waals surface area contributed by atoms with Crippen molar-refractivity contribution in [2.45, 2.75) is 46.1 Å². The van der Waals surface area contributed by atoms with Crippen LogP contribution in [0.5, 0.6) is 0 Å². The Bertz CT molecular complexity index is 360. The van der Waals surface area contributed by atoms with Crippen molar-refractivity contribution in [1.82, 2.24) is 14.8 Å². The van der Waals surface area contributed by atoms with Gasteiger partial charge in [0.15, 0.2) is 6.04 Å². The molecule has 0 saturated carbocycles. The van der Waals surface area contributed by atoms with Crippen LogP contribution in [0.3, 0.4) is 0 Å². The van der Waals surface area contributed by atoms with Crippen LogP contribution >= 0.6 is 0 Å². The Kier molecular flexibility index (Phi) is 4.46. The minimum atomic E-state index is -0.342. The van der Waals surface area contributed by atoms with E-state index in [4.69, 9.17) is 4.74 Å². The molecule has 0 aromatic carbocycles. The summed E-state index contributed by atoms with van der Waals surface area (Å²) >= 11 is 0. The summed E-state index contributed by atoms with van der Waals surface area (Å²) in [6.45, 7) is 5.76. The van der Waals surface area contributed by atoms with Gasteiger partial charge in [0, 0.05) is 0 Å². The Morgan fingerprint density at radius 1 is 1.50 bits per heavy atom. The number of aryl methyl sites for hydroxylation is 2. The van der Waals surface area contributed by atoms with Gasteiger partial charge in [-0.3, -0.25) is 0 Å². The van der Waals surface area contributed by atoms with E-state index in [0.29, 0.717) is 5.82 Å². The second-order valence-electron chi connectivity index (χ2n) is 3.83. The molecule has 1 atom stereocenters. The Hall–Kier alpha value is -1.39. The van der Waals surface area contributed by atoms with Gasteiger partial charge in [-0.15, -0.1) is 0 Å². The van der Waals surface area contributed by atoms with Crippen molar-refractivity contribution in [3.05, 3.63) is 11.6 Å². The van der Waals surface area contributed by atoms with Crippen LogP contribution in [0.2, 0.25) is 0 Å². The predicted octanol–water partition coefficient (Wildman–Crippen LogP) is 1.80. The highest BCUT2D eigenvalue weighted by molar-refractivity contribution is 5.73. The zero-order valence-electron chi connectivity index (χ0n) is 10.4. The Morgan fingerprint density at radius 3 is 2.62 bits per heavy atom. The molecule has 0 radical (unpaired) electrons. The van der Waals surface area contributed by atoms with Crippen LogP contribution in [0.1, 0.15) is 43.9 Å². The molecule has 0 aliphatic heterocycles. The van der Waals surface area contributed by atoms with E-state index in [1.165, 1.54) is 7.11 Å². The Labute approximate surface area is 95.8 Å². The maximum absolute atomic E-state index is 11.7. The summed E-state index contributed by atoms with van der Waals surface area (Å²) in [5.41, 5.74) is 0. The van der Waals surface area contributed by atoms with E-state index >= 15 is 0 Å². The summed E-state index contributed by atoms with van der Waals surface area (Å²) in [6, 6.07) is -0.342. The topological polar surface area (TPSA) is 57.0 Å². The molecule has 1 aromatic heterocycles. The summed E-state index contributed by atoms with van der Waals surface area (Å²) in [5.74, 6) is 1.19. The number of carbonyl (C=O) groups excluding carboxylic acids is 1. The van der Waals surface area contributed by atoms with Crippen molar-refractivity contribution in [2.75, 3.05) is 7.11 Å². The summed E-state index contributed by atoms with van der Waals surface area (Å²) in [6.07, 6.45) is 2.76. The van der Waals surface area contributed by atoms with Crippen molar-refractivity contribution >= 4 is 5.97 Å². The van der Waals surface area contributed by atoms with Crippen molar-refractivity contribution in [3.63, 3.8) is 0 Å². The highest BCUT2D eigenvalue weighted by Gasteiger charge is 2.23. The monoisotopic (exact) mass is 225 g/mol.